The first-order chi connectivity index (χ1) is 9.79. The number of ether oxygens (including phenoxy) is 1. The summed E-state index contributed by atoms with van der Waals surface area (Å²) in [6, 6.07) is 16.1. The number of benzene rings is 2. The fourth-order valence-electron chi connectivity index (χ4n) is 1.73. The summed E-state index contributed by atoms with van der Waals surface area (Å²) in [5, 5.41) is 0. The van der Waals surface area contributed by atoms with Crippen LogP contribution in [0.25, 0.3) is 0 Å². The number of nitrogens with two attached hydrogens (primary N) is 1. The second-order valence-electron chi connectivity index (χ2n) is 4.29. The molecule has 0 amide bonds. The Hall–Kier alpha value is -1.60. The molecule has 20 heavy (non-hydrogen) atoms. The predicted molar refractivity (Wildman–Crippen MR) is 85.0 cm³/mol. The van der Waals surface area contributed by atoms with Crippen LogP contribution < -0.4 is 5.73 Å². The molecule has 0 aromatic heterocycles. The van der Waals surface area contributed by atoms with Crippen LogP contribution in [0.3, 0.4) is 0 Å². The maximum Gasteiger partial charge on any atom is 0.0732 e. The van der Waals surface area contributed by atoms with Crippen LogP contribution in [0.4, 0.5) is 0 Å². The topological polar surface area (TPSA) is 35.2 Å². The van der Waals surface area contributed by atoms with Crippen molar-refractivity contribution in [2.24, 2.45) is 5.73 Å². The summed E-state index contributed by atoms with van der Waals surface area (Å²) in [5.74, 6) is 5.84. The van der Waals surface area contributed by atoms with E-state index in [0.29, 0.717) is 19.8 Å². The van der Waals surface area contributed by atoms with Gasteiger partial charge in [0.1, 0.15) is 0 Å². The van der Waals surface area contributed by atoms with Crippen molar-refractivity contribution in [3.05, 3.63) is 69.7 Å². The summed E-state index contributed by atoms with van der Waals surface area (Å²) < 4.78 is 6.80. The predicted octanol–water partition coefficient (Wildman–Crippen LogP) is 3.48. The molecular formula is C17H16BrNO. The van der Waals surface area contributed by atoms with Gasteiger partial charge in [0.25, 0.3) is 0 Å². The third-order valence-corrected chi connectivity index (χ3v) is 3.55. The highest BCUT2D eigenvalue weighted by Crippen LogP contribution is 2.17. The standard InChI is InChI=1S/C17H16BrNO/c18-17-6-2-1-5-16(17)13-20-12-15-9-7-14(8-10-15)4-3-11-19/h1-2,5-10H,11-13,19H2. The van der Waals surface area contributed by atoms with Gasteiger partial charge in [0.2, 0.25) is 0 Å². The van der Waals surface area contributed by atoms with E-state index in [4.69, 9.17) is 10.5 Å². The van der Waals surface area contributed by atoms with Crippen LogP contribution in [-0.4, -0.2) is 6.54 Å². The molecule has 0 fully saturated rings. The van der Waals surface area contributed by atoms with E-state index in [-0.39, 0.29) is 0 Å². The molecule has 102 valence electrons. The first-order valence-corrected chi connectivity index (χ1v) is 7.18. The maximum absolute atomic E-state index is 5.72. The van der Waals surface area contributed by atoms with Crippen LogP contribution in [0.2, 0.25) is 0 Å². The fraction of sp³-hybridized carbons (Fsp3) is 0.176. The van der Waals surface area contributed by atoms with E-state index in [0.717, 1.165) is 21.2 Å². The maximum atomic E-state index is 5.72. The molecule has 2 rings (SSSR count). The summed E-state index contributed by atoms with van der Waals surface area (Å²) in [6.45, 7) is 1.57. The third kappa shape index (κ3) is 4.50. The van der Waals surface area contributed by atoms with Crippen molar-refractivity contribution in [1.82, 2.24) is 0 Å². The highest BCUT2D eigenvalue weighted by molar-refractivity contribution is 9.10. The Kier molecular flexibility index (Phi) is 5.82. The molecule has 0 aliphatic heterocycles. The van der Waals surface area contributed by atoms with Gasteiger partial charge in [0.15, 0.2) is 0 Å². The van der Waals surface area contributed by atoms with Crippen LogP contribution in [0.5, 0.6) is 0 Å². The lowest BCUT2D eigenvalue weighted by Crippen LogP contribution is -1.95. The van der Waals surface area contributed by atoms with Gasteiger partial charge in [-0.3, -0.25) is 0 Å². The van der Waals surface area contributed by atoms with Crippen molar-refractivity contribution >= 4 is 15.9 Å². The Morgan fingerprint density at radius 3 is 2.45 bits per heavy atom. The van der Waals surface area contributed by atoms with Gasteiger partial charge in [-0.05, 0) is 29.3 Å². The van der Waals surface area contributed by atoms with Crippen molar-refractivity contribution in [3.63, 3.8) is 0 Å². The highest BCUT2D eigenvalue weighted by atomic mass is 79.9. The smallest absolute Gasteiger partial charge is 0.0732 e. The number of hydrogen-bond donors (Lipinski definition) is 1. The normalized spacial score (nSPS) is 9.90. The molecule has 0 unspecified atom stereocenters. The van der Waals surface area contributed by atoms with Gasteiger partial charge < -0.3 is 10.5 Å². The Morgan fingerprint density at radius 2 is 1.75 bits per heavy atom. The summed E-state index contributed by atoms with van der Waals surface area (Å²) in [6.07, 6.45) is 0. The van der Waals surface area contributed by atoms with Gasteiger partial charge in [-0.1, -0.05) is 58.1 Å². The van der Waals surface area contributed by atoms with Crippen molar-refractivity contribution in [3.8, 4) is 11.8 Å². The Balaban J connectivity index is 1.87. The van der Waals surface area contributed by atoms with E-state index in [1.54, 1.807) is 0 Å². The van der Waals surface area contributed by atoms with Crippen LogP contribution in [0, 0.1) is 11.8 Å². The van der Waals surface area contributed by atoms with Crippen molar-refractivity contribution in [1.29, 1.82) is 0 Å². The number of hydrogen-bond acceptors (Lipinski definition) is 2. The molecule has 2 nitrogen and oxygen atoms in total. The minimum atomic E-state index is 0.386. The largest absolute Gasteiger partial charge is 0.372 e. The molecule has 0 spiro atoms. The monoisotopic (exact) mass is 329 g/mol. The lowest BCUT2D eigenvalue weighted by Gasteiger charge is -2.06. The van der Waals surface area contributed by atoms with Crippen molar-refractivity contribution in [2.75, 3.05) is 6.54 Å². The van der Waals surface area contributed by atoms with E-state index in [1.807, 2.05) is 42.5 Å². The summed E-state index contributed by atoms with van der Waals surface area (Å²) in [7, 11) is 0. The molecule has 0 aliphatic carbocycles. The molecular weight excluding hydrogens is 314 g/mol. The first-order valence-electron chi connectivity index (χ1n) is 6.38. The summed E-state index contributed by atoms with van der Waals surface area (Å²) in [4.78, 5) is 0. The first kappa shape index (κ1) is 14.8. The molecule has 2 N–H and O–H groups in total. The van der Waals surface area contributed by atoms with Crippen molar-refractivity contribution in [2.45, 2.75) is 13.2 Å². The molecule has 0 radical (unpaired) electrons. The van der Waals surface area contributed by atoms with Gasteiger partial charge >= 0.3 is 0 Å². The molecule has 0 heterocycles. The molecule has 2 aromatic carbocycles. The van der Waals surface area contributed by atoms with Gasteiger partial charge in [0, 0.05) is 10.0 Å². The SMILES string of the molecule is NCC#Cc1ccc(COCc2ccccc2Br)cc1. The van der Waals surface area contributed by atoms with E-state index >= 15 is 0 Å². The Morgan fingerprint density at radius 1 is 1.00 bits per heavy atom. The Bertz CT molecular complexity index is 611. The minimum Gasteiger partial charge on any atom is -0.372 e. The second kappa shape index (κ2) is 7.86. The van der Waals surface area contributed by atoms with Crippen LogP contribution in [0.15, 0.2) is 53.0 Å². The van der Waals surface area contributed by atoms with Crippen molar-refractivity contribution < 1.29 is 4.74 Å². The average Bonchev–Trinajstić information content (AvgIpc) is 2.48. The number of rotatable bonds is 4. The second-order valence-corrected chi connectivity index (χ2v) is 5.14. The average molecular weight is 330 g/mol. The minimum absolute atomic E-state index is 0.386. The van der Waals surface area contributed by atoms with Gasteiger partial charge in [-0.2, -0.15) is 0 Å². The summed E-state index contributed by atoms with van der Waals surface area (Å²) in [5.41, 5.74) is 8.60. The zero-order valence-electron chi connectivity index (χ0n) is 11.1. The molecule has 0 aliphatic rings. The lowest BCUT2D eigenvalue weighted by molar-refractivity contribution is 0.107. The molecule has 2 aromatic rings. The zero-order chi connectivity index (χ0) is 14.2. The molecule has 0 saturated carbocycles. The highest BCUT2D eigenvalue weighted by Gasteiger charge is 1.99. The van der Waals surface area contributed by atoms with E-state index < -0.39 is 0 Å². The number of halogens is 1. The Labute approximate surface area is 128 Å². The van der Waals surface area contributed by atoms with E-state index in [1.165, 1.54) is 0 Å². The van der Waals surface area contributed by atoms with Crippen LogP contribution >= 0.6 is 15.9 Å². The van der Waals surface area contributed by atoms with Crippen LogP contribution in [0.1, 0.15) is 16.7 Å². The fourth-order valence-corrected chi connectivity index (χ4v) is 2.13. The molecule has 3 heteroatoms. The van der Waals surface area contributed by atoms with Gasteiger partial charge in [-0.25, -0.2) is 0 Å². The van der Waals surface area contributed by atoms with Gasteiger partial charge in [0.05, 0.1) is 19.8 Å². The summed E-state index contributed by atoms with van der Waals surface area (Å²) >= 11 is 3.51. The molecule has 0 bridgehead atoms. The van der Waals surface area contributed by atoms with E-state index in [2.05, 4.69) is 33.8 Å². The molecule has 0 saturated heterocycles. The van der Waals surface area contributed by atoms with Crippen LogP contribution in [-0.2, 0) is 18.0 Å². The van der Waals surface area contributed by atoms with E-state index in [9.17, 15) is 0 Å². The molecule has 0 atom stereocenters. The third-order valence-electron chi connectivity index (χ3n) is 2.77. The lowest BCUT2D eigenvalue weighted by atomic mass is 10.1. The van der Waals surface area contributed by atoms with Gasteiger partial charge in [-0.15, -0.1) is 0 Å². The quantitative estimate of drug-likeness (QED) is 0.871. The zero-order valence-corrected chi connectivity index (χ0v) is 12.7.